The molecule has 0 saturated heterocycles. The molecule has 0 fully saturated rings. The topological polar surface area (TPSA) is 111 Å². The molecule has 0 aliphatic heterocycles. The lowest BCUT2D eigenvalue weighted by atomic mass is 10.0. The van der Waals surface area contributed by atoms with Crippen molar-refractivity contribution >= 4 is 17.9 Å². The van der Waals surface area contributed by atoms with Gasteiger partial charge in [0, 0.05) is 12.8 Å². The molecular formula is C82H139NO8. The summed E-state index contributed by atoms with van der Waals surface area (Å²) >= 11 is 0. The number of carbonyl (C=O) groups is 3. The van der Waals surface area contributed by atoms with Gasteiger partial charge in [-0.25, -0.2) is 0 Å². The molecule has 2 atom stereocenters. The summed E-state index contributed by atoms with van der Waals surface area (Å²) in [7, 11) is 5.93. The average molecular weight is 1270 g/mol. The largest absolute Gasteiger partial charge is 0.545 e. The molecule has 9 heteroatoms. The van der Waals surface area contributed by atoms with Crippen LogP contribution in [-0.2, 0) is 33.3 Å². The second-order valence-electron chi connectivity index (χ2n) is 25.8. The van der Waals surface area contributed by atoms with Crippen LogP contribution >= 0.6 is 0 Å². The second-order valence-corrected chi connectivity index (χ2v) is 25.8. The Balaban J connectivity index is 4.08. The number of rotatable bonds is 68. The van der Waals surface area contributed by atoms with Gasteiger partial charge in [0.15, 0.2) is 12.4 Å². The zero-order valence-electron chi connectivity index (χ0n) is 59.4. The van der Waals surface area contributed by atoms with Gasteiger partial charge in [-0.1, -0.05) is 321 Å². The third-order valence-electron chi connectivity index (χ3n) is 15.9. The number of ether oxygens (including phenoxy) is 4. The maximum atomic E-state index is 13.0. The van der Waals surface area contributed by atoms with Gasteiger partial charge in [0.1, 0.15) is 13.2 Å². The van der Waals surface area contributed by atoms with Crippen molar-refractivity contribution in [2.45, 2.75) is 322 Å². The van der Waals surface area contributed by atoms with Crippen molar-refractivity contribution in [3.8, 4) is 0 Å². The Morgan fingerprint density at radius 2 is 0.593 bits per heavy atom. The fraction of sp³-hybridized carbons (Fsp3) is 0.695. The Kier molecular flexibility index (Phi) is 67.7. The number of carbonyl (C=O) groups excluding carboxylic acids is 3. The van der Waals surface area contributed by atoms with Crippen molar-refractivity contribution in [1.29, 1.82) is 0 Å². The zero-order chi connectivity index (χ0) is 66.1. The molecule has 0 bridgehead atoms. The van der Waals surface area contributed by atoms with Gasteiger partial charge >= 0.3 is 11.9 Å². The summed E-state index contributed by atoms with van der Waals surface area (Å²) in [4.78, 5) is 37.6. The van der Waals surface area contributed by atoms with Crippen molar-refractivity contribution in [2.75, 3.05) is 47.5 Å². The van der Waals surface area contributed by atoms with Gasteiger partial charge in [0.05, 0.1) is 40.3 Å². The van der Waals surface area contributed by atoms with E-state index in [1.54, 1.807) is 0 Å². The number of likely N-dealkylation sites (N-methyl/N-ethyl adjacent to an activating group) is 1. The molecule has 91 heavy (non-hydrogen) atoms. The third-order valence-corrected chi connectivity index (χ3v) is 15.9. The quantitative estimate of drug-likeness (QED) is 0.0195. The summed E-state index contributed by atoms with van der Waals surface area (Å²) in [5.41, 5.74) is 0. The van der Waals surface area contributed by atoms with E-state index in [-0.39, 0.29) is 38.6 Å². The van der Waals surface area contributed by atoms with Crippen LogP contribution < -0.4 is 5.11 Å². The molecule has 0 rings (SSSR count). The highest BCUT2D eigenvalue weighted by molar-refractivity contribution is 5.70. The summed E-state index contributed by atoms with van der Waals surface area (Å²) in [6.07, 6.45) is 99.7. The van der Waals surface area contributed by atoms with E-state index in [0.717, 1.165) is 109 Å². The van der Waals surface area contributed by atoms with E-state index < -0.39 is 24.3 Å². The zero-order valence-corrected chi connectivity index (χ0v) is 59.4. The number of carboxylic acid groups (broad SMARTS) is 1. The van der Waals surface area contributed by atoms with Crippen LogP contribution in [0.5, 0.6) is 0 Å². The maximum absolute atomic E-state index is 13.0. The van der Waals surface area contributed by atoms with Crippen LogP contribution in [-0.4, -0.2) is 82.3 Å². The molecule has 520 valence electrons. The number of hydrogen-bond acceptors (Lipinski definition) is 8. The van der Waals surface area contributed by atoms with Crippen LogP contribution in [0.15, 0.2) is 134 Å². The fourth-order valence-electron chi connectivity index (χ4n) is 10.3. The van der Waals surface area contributed by atoms with Gasteiger partial charge in [-0.2, -0.15) is 0 Å². The third kappa shape index (κ3) is 72.7. The molecule has 0 amide bonds. The second kappa shape index (κ2) is 71.3. The highest BCUT2D eigenvalue weighted by atomic mass is 16.7. The van der Waals surface area contributed by atoms with E-state index in [1.807, 2.05) is 21.1 Å². The van der Waals surface area contributed by atoms with Crippen LogP contribution in [0.2, 0.25) is 0 Å². The number of esters is 2. The van der Waals surface area contributed by atoms with Crippen molar-refractivity contribution in [3.63, 3.8) is 0 Å². The van der Waals surface area contributed by atoms with Crippen molar-refractivity contribution in [1.82, 2.24) is 0 Å². The van der Waals surface area contributed by atoms with Gasteiger partial charge in [-0.05, 0) is 109 Å². The van der Waals surface area contributed by atoms with Gasteiger partial charge in [0.25, 0.3) is 0 Å². The Labute approximate surface area is 560 Å². The van der Waals surface area contributed by atoms with Crippen molar-refractivity contribution < 1.29 is 42.9 Å². The minimum absolute atomic E-state index is 0.143. The first-order chi connectivity index (χ1) is 44.6. The van der Waals surface area contributed by atoms with E-state index in [9.17, 15) is 19.5 Å². The molecular weight excluding hydrogens is 1130 g/mol. The molecule has 0 saturated carbocycles. The van der Waals surface area contributed by atoms with Crippen LogP contribution in [0, 0.1) is 0 Å². The first kappa shape index (κ1) is 86.4. The molecule has 0 aliphatic rings. The summed E-state index contributed by atoms with van der Waals surface area (Å²) in [5, 5.41) is 11.8. The van der Waals surface area contributed by atoms with Crippen LogP contribution in [0.4, 0.5) is 0 Å². The van der Waals surface area contributed by atoms with Crippen molar-refractivity contribution in [2.24, 2.45) is 0 Å². The molecule has 0 aromatic rings. The first-order valence-electron chi connectivity index (χ1n) is 37.3. The lowest BCUT2D eigenvalue weighted by Gasteiger charge is -2.26. The van der Waals surface area contributed by atoms with E-state index in [4.69, 9.17) is 18.9 Å². The van der Waals surface area contributed by atoms with Gasteiger partial charge < -0.3 is 33.3 Å². The van der Waals surface area contributed by atoms with Crippen molar-refractivity contribution in [3.05, 3.63) is 134 Å². The normalized spacial score (nSPS) is 13.5. The van der Waals surface area contributed by atoms with Crippen LogP contribution in [0.25, 0.3) is 0 Å². The summed E-state index contributed by atoms with van der Waals surface area (Å²) in [6, 6.07) is 0. The predicted molar refractivity (Wildman–Crippen MR) is 389 cm³/mol. The van der Waals surface area contributed by atoms with E-state index in [0.29, 0.717) is 17.4 Å². The lowest BCUT2D eigenvalue weighted by molar-refractivity contribution is -0.870. The Morgan fingerprint density at radius 1 is 0.330 bits per heavy atom. The van der Waals surface area contributed by atoms with Crippen LogP contribution in [0.1, 0.15) is 309 Å². The molecule has 0 radical (unpaired) electrons. The average Bonchev–Trinajstić information content (AvgIpc) is 3.65. The first-order valence-corrected chi connectivity index (χ1v) is 37.3. The van der Waals surface area contributed by atoms with Gasteiger partial charge in [-0.3, -0.25) is 9.59 Å². The minimum Gasteiger partial charge on any atom is -0.545 e. The SMILES string of the molecule is CC/C=C\C/C=C\C/C=C\C/C=C\C/C=C\C/C=C\CCCCCCCCCCCCCCC(=O)OC(COC(=O)CCCCCCCCCCCCCCCCCCCCC/C=C\C/C=C\C/C=C\C/C=C\C/C=C\CC)COC(OCC[N+](C)(C)C)C(=O)[O-]. The number of quaternary nitrogens is 1. The predicted octanol–water partition coefficient (Wildman–Crippen LogP) is 22.4. The maximum Gasteiger partial charge on any atom is 0.306 e. The molecule has 9 nitrogen and oxygen atoms in total. The molecule has 0 aromatic carbocycles. The number of hydrogen-bond donors (Lipinski definition) is 0. The summed E-state index contributed by atoms with van der Waals surface area (Å²) in [5.74, 6) is -2.28. The minimum atomic E-state index is -1.63. The fourth-order valence-corrected chi connectivity index (χ4v) is 10.3. The van der Waals surface area contributed by atoms with E-state index >= 15 is 0 Å². The number of nitrogens with zero attached hydrogens (tertiary/aromatic N) is 1. The molecule has 0 spiro atoms. The number of carboxylic acids is 1. The Bertz CT molecular complexity index is 1960. The summed E-state index contributed by atoms with van der Waals surface area (Å²) < 4.78 is 22.8. The Morgan fingerprint density at radius 3 is 0.879 bits per heavy atom. The molecule has 2 unspecified atom stereocenters. The Hall–Kier alpha value is -4.57. The number of aliphatic carboxylic acids is 1. The van der Waals surface area contributed by atoms with Gasteiger partial charge in [0.2, 0.25) is 0 Å². The smallest absolute Gasteiger partial charge is 0.306 e. The van der Waals surface area contributed by atoms with Crippen LogP contribution in [0.3, 0.4) is 0 Å². The van der Waals surface area contributed by atoms with E-state index in [2.05, 4.69) is 148 Å². The molecule has 0 aromatic heterocycles. The summed E-state index contributed by atoms with van der Waals surface area (Å²) in [6.45, 7) is 4.54. The van der Waals surface area contributed by atoms with E-state index in [1.165, 1.54) is 167 Å². The number of allylic oxidation sites excluding steroid dienone is 22. The highest BCUT2D eigenvalue weighted by Gasteiger charge is 2.22. The monoisotopic (exact) mass is 1270 g/mol. The molecule has 0 aliphatic carbocycles. The number of unbranched alkanes of at least 4 members (excludes halogenated alkanes) is 31. The van der Waals surface area contributed by atoms with Gasteiger partial charge in [-0.15, -0.1) is 0 Å². The molecule has 0 heterocycles. The standard InChI is InChI=1S/C82H139NO8/c1-6-8-10-12-14-16-18-20-22-24-26-28-30-32-34-36-38-39-40-41-43-44-46-48-50-52-54-56-58-60-62-64-66-68-70-72-79(84)89-76-78(77-90-82(81(86)87)88-75-74-83(3,4)5)91-80(85)73-71-69-67-65-63-61-59-57-55-53-51-49-47-45-42-37-35-33-31-29-27-25-23-21-19-17-15-13-11-9-7-2/h8-11,14-17,20-23,26-29,32-35,42,45,78,82H,6-7,12-13,18-19,24-25,30-31,36-41,43-44,46-77H2,1-5H3/b10-8-,11-9-,16-14-,17-15-,22-20-,23-21-,28-26-,29-27-,34-32-,35-33-,45-42-. The molecule has 0 N–H and O–H groups in total. The highest BCUT2D eigenvalue weighted by Crippen LogP contribution is 2.18. The lowest BCUT2D eigenvalue weighted by Crippen LogP contribution is -2.44.